The third-order valence-electron chi connectivity index (χ3n) is 3.56. The summed E-state index contributed by atoms with van der Waals surface area (Å²) in [6.45, 7) is 3.87. The lowest BCUT2D eigenvalue weighted by Crippen LogP contribution is -2.56. The number of hydrogen-bond donors (Lipinski definition) is 1. The van der Waals surface area contributed by atoms with Crippen LogP contribution in [0.1, 0.15) is 12.8 Å². The molecule has 0 aromatic heterocycles. The molecule has 4 heteroatoms. The highest BCUT2D eigenvalue weighted by atomic mass is 31.0. The Bertz CT molecular complexity index is 206. The molecule has 1 N–H and O–H groups in total. The Hall–Kier alpha value is 0.310. The summed E-state index contributed by atoms with van der Waals surface area (Å²) in [5.74, 6) is 1.28. The Kier molecular flexibility index (Phi) is 2.09. The quantitative estimate of drug-likeness (QED) is 0.511. The summed E-state index contributed by atoms with van der Waals surface area (Å²) < 4.78 is 5.36. The lowest BCUT2D eigenvalue weighted by molar-refractivity contribution is 0.0665. The van der Waals surface area contributed by atoms with Crippen LogP contribution in [0.15, 0.2) is 0 Å². The molecular formula is C9H17N2OP. The zero-order valence-corrected chi connectivity index (χ0v) is 8.93. The lowest BCUT2D eigenvalue weighted by Gasteiger charge is -2.45. The van der Waals surface area contributed by atoms with Crippen molar-refractivity contribution in [2.24, 2.45) is 5.92 Å². The van der Waals surface area contributed by atoms with E-state index in [0.717, 1.165) is 5.92 Å². The van der Waals surface area contributed by atoms with Crippen molar-refractivity contribution in [3.63, 3.8) is 0 Å². The smallest absolute Gasteiger partial charge is 0.139 e. The van der Waals surface area contributed by atoms with Crippen LogP contribution in [0.3, 0.4) is 0 Å². The number of fused-ring (bicyclic) bond motifs is 3. The Morgan fingerprint density at radius 3 is 2.46 bits per heavy atom. The van der Waals surface area contributed by atoms with Gasteiger partial charge in [-0.05, 0) is 31.8 Å². The van der Waals surface area contributed by atoms with Crippen molar-refractivity contribution < 1.29 is 4.74 Å². The predicted octanol–water partition coefficient (Wildman–Crippen LogP) is 0.228. The van der Waals surface area contributed by atoms with E-state index in [1.807, 2.05) is 0 Å². The summed E-state index contributed by atoms with van der Waals surface area (Å²) in [5.41, 5.74) is 0. The van der Waals surface area contributed by atoms with E-state index in [9.17, 15) is 0 Å². The number of nitrogens with one attached hydrogen (secondary N) is 1. The van der Waals surface area contributed by atoms with Crippen LogP contribution < -0.4 is 5.32 Å². The van der Waals surface area contributed by atoms with Gasteiger partial charge >= 0.3 is 0 Å². The molecule has 4 aliphatic heterocycles. The van der Waals surface area contributed by atoms with Crippen molar-refractivity contribution in [1.29, 1.82) is 0 Å². The van der Waals surface area contributed by atoms with Crippen LogP contribution in [0.2, 0.25) is 0 Å². The van der Waals surface area contributed by atoms with Gasteiger partial charge in [0.1, 0.15) is 12.1 Å². The van der Waals surface area contributed by atoms with Gasteiger partial charge in [0, 0.05) is 12.6 Å². The monoisotopic (exact) mass is 200 g/mol. The van der Waals surface area contributed by atoms with Crippen LogP contribution in [0, 0.1) is 5.92 Å². The minimum atomic E-state index is 0.329. The molecule has 4 heterocycles. The van der Waals surface area contributed by atoms with E-state index in [-0.39, 0.29) is 0 Å². The average molecular weight is 200 g/mol. The molecule has 0 spiro atoms. The summed E-state index contributed by atoms with van der Waals surface area (Å²) in [4.78, 5) is 2.57. The maximum absolute atomic E-state index is 5.36. The molecule has 4 rings (SSSR count). The van der Waals surface area contributed by atoms with Gasteiger partial charge in [0.25, 0.3) is 0 Å². The standard InChI is InChI=1S/C9H17N2OP/c13-9-8(12-9)10-7-5-11-3-1-6(7)2-4-11/h6-10H,1-5,13H2. The number of nitrogens with zero attached hydrogens (tertiary/aromatic N) is 1. The molecule has 0 amide bonds. The fraction of sp³-hybridized carbons (Fsp3) is 1.00. The molecule has 0 aromatic carbocycles. The van der Waals surface area contributed by atoms with Crippen molar-refractivity contribution >= 4 is 9.24 Å². The Labute approximate surface area is 81.4 Å². The molecule has 3 nitrogen and oxygen atoms in total. The Morgan fingerprint density at radius 2 is 2.00 bits per heavy atom. The average Bonchev–Trinajstić information content (AvgIpc) is 2.84. The third-order valence-corrected chi connectivity index (χ3v) is 4.07. The van der Waals surface area contributed by atoms with Gasteiger partial charge < -0.3 is 9.64 Å². The number of ether oxygens (including phenoxy) is 1. The highest BCUT2D eigenvalue weighted by Crippen LogP contribution is 2.31. The first-order chi connectivity index (χ1) is 6.33. The zero-order chi connectivity index (χ0) is 8.84. The van der Waals surface area contributed by atoms with Gasteiger partial charge in [0.2, 0.25) is 0 Å². The van der Waals surface area contributed by atoms with E-state index in [0.29, 0.717) is 18.1 Å². The Balaban J connectivity index is 1.59. The second-order valence-corrected chi connectivity index (χ2v) is 5.09. The van der Waals surface area contributed by atoms with Crippen LogP contribution in [-0.4, -0.2) is 42.6 Å². The van der Waals surface area contributed by atoms with E-state index in [2.05, 4.69) is 19.5 Å². The summed E-state index contributed by atoms with van der Waals surface area (Å²) in [7, 11) is 2.71. The van der Waals surface area contributed by atoms with E-state index < -0.39 is 0 Å². The van der Waals surface area contributed by atoms with E-state index in [1.165, 1.54) is 32.5 Å². The van der Waals surface area contributed by atoms with Crippen molar-refractivity contribution in [3.05, 3.63) is 0 Å². The van der Waals surface area contributed by atoms with Gasteiger partial charge in [0.15, 0.2) is 0 Å². The van der Waals surface area contributed by atoms with Crippen LogP contribution >= 0.6 is 9.24 Å². The molecule has 0 radical (unpaired) electrons. The SMILES string of the molecule is PC1OC1NC1CN2CCC1CC2. The normalized spacial score (nSPS) is 53.8. The van der Waals surface area contributed by atoms with Crippen molar-refractivity contribution in [3.8, 4) is 0 Å². The van der Waals surface area contributed by atoms with Crippen molar-refractivity contribution in [2.45, 2.75) is 31.0 Å². The summed E-state index contributed by atoms with van der Waals surface area (Å²) in [6.07, 6.45) is 3.09. The van der Waals surface area contributed by atoms with Gasteiger partial charge in [-0.1, -0.05) is 0 Å². The van der Waals surface area contributed by atoms with E-state index >= 15 is 0 Å². The summed E-state index contributed by atoms with van der Waals surface area (Å²) >= 11 is 0. The second kappa shape index (κ2) is 3.16. The van der Waals surface area contributed by atoms with Crippen LogP contribution in [0.25, 0.3) is 0 Å². The highest BCUT2D eigenvalue weighted by Gasteiger charge is 2.41. The minimum Gasteiger partial charge on any atom is -0.349 e. The first-order valence-electron chi connectivity index (χ1n) is 5.22. The second-order valence-electron chi connectivity index (χ2n) is 4.43. The largest absolute Gasteiger partial charge is 0.349 e. The van der Waals surface area contributed by atoms with Gasteiger partial charge in [-0.3, -0.25) is 5.32 Å². The summed E-state index contributed by atoms with van der Waals surface area (Å²) in [5, 5.41) is 3.59. The van der Waals surface area contributed by atoms with Gasteiger partial charge in [0.05, 0.1) is 0 Å². The number of piperidine rings is 3. The molecular weight excluding hydrogens is 183 g/mol. The van der Waals surface area contributed by atoms with E-state index in [4.69, 9.17) is 4.74 Å². The fourth-order valence-electron chi connectivity index (χ4n) is 2.62. The molecule has 0 aliphatic carbocycles. The molecule has 4 saturated heterocycles. The maximum atomic E-state index is 5.36. The first kappa shape index (κ1) is 8.60. The number of hydrogen-bond acceptors (Lipinski definition) is 3. The molecule has 4 atom stereocenters. The molecule has 0 saturated carbocycles. The summed E-state index contributed by atoms with van der Waals surface area (Å²) in [6, 6.07) is 0.693. The lowest BCUT2D eigenvalue weighted by atomic mass is 9.84. The number of rotatable bonds is 2. The highest BCUT2D eigenvalue weighted by molar-refractivity contribution is 7.17. The Morgan fingerprint density at radius 1 is 1.31 bits per heavy atom. The topological polar surface area (TPSA) is 27.8 Å². The molecule has 13 heavy (non-hydrogen) atoms. The predicted molar refractivity (Wildman–Crippen MR) is 54.5 cm³/mol. The van der Waals surface area contributed by atoms with Crippen molar-refractivity contribution in [2.75, 3.05) is 19.6 Å². The minimum absolute atomic E-state index is 0.329. The van der Waals surface area contributed by atoms with Crippen molar-refractivity contribution in [1.82, 2.24) is 10.2 Å². The maximum Gasteiger partial charge on any atom is 0.139 e. The molecule has 4 aliphatic rings. The first-order valence-corrected chi connectivity index (χ1v) is 5.89. The molecule has 4 unspecified atom stereocenters. The third kappa shape index (κ3) is 1.63. The van der Waals surface area contributed by atoms with Crippen LogP contribution in [0.4, 0.5) is 0 Å². The van der Waals surface area contributed by atoms with E-state index in [1.54, 1.807) is 0 Å². The van der Waals surface area contributed by atoms with Gasteiger partial charge in [-0.25, -0.2) is 0 Å². The van der Waals surface area contributed by atoms with Gasteiger partial charge in [-0.15, -0.1) is 9.24 Å². The molecule has 2 bridgehead atoms. The van der Waals surface area contributed by atoms with Crippen LogP contribution in [0.5, 0.6) is 0 Å². The zero-order valence-electron chi connectivity index (χ0n) is 7.78. The molecule has 4 fully saturated rings. The fourth-order valence-corrected chi connectivity index (χ4v) is 2.90. The molecule has 74 valence electrons. The van der Waals surface area contributed by atoms with Crippen LogP contribution in [-0.2, 0) is 4.74 Å². The number of epoxide rings is 1. The van der Waals surface area contributed by atoms with Gasteiger partial charge in [-0.2, -0.15) is 0 Å². The molecule has 0 aromatic rings.